The van der Waals surface area contributed by atoms with Crippen molar-refractivity contribution in [3.63, 3.8) is 0 Å². The molecule has 0 saturated carbocycles. The minimum atomic E-state index is -0.253. The van der Waals surface area contributed by atoms with Crippen molar-refractivity contribution in [1.29, 1.82) is 0 Å². The normalized spacial score (nSPS) is 16.3. The van der Waals surface area contributed by atoms with Crippen LogP contribution in [-0.2, 0) is 17.9 Å². The van der Waals surface area contributed by atoms with Crippen molar-refractivity contribution < 1.29 is 9.18 Å². The molecule has 0 unspecified atom stereocenters. The molecule has 0 radical (unpaired) electrons. The molecule has 3 rings (SSSR count). The summed E-state index contributed by atoms with van der Waals surface area (Å²) >= 11 is 1.74. The number of piperazine rings is 1. The Morgan fingerprint density at radius 1 is 1.23 bits per heavy atom. The second kappa shape index (κ2) is 6.58. The van der Waals surface area contributed by atoms with Gasteiger partial charge >= 0.3 is 0 Å². The Kier molecular flexibility index (Phi) is 4.55. The minimum Gasteiger partial charge on any atom is -0.336 e. The van der Waals surface area contributed by atoms with Crippen molar-refractivity contribution in [2.75, 3.05) is 19.6 Å². The van der Waals surface area contributed by atoms with E-state index in [0.29, 0.717) is 19.6 Å². The Bertz CT molecular complexity index is 670. The van der Waals surface area contributed by atoms with Crippen molar-refractivity contribution in [1.82, 2.24) is 9.80 Å². The number of carbonyl (C=O) groups is 1. The van der Waals surface area contributed by atoms with Gasteiger partial charge in [-0.2, -0.15) is 0 Å². The van der Waals surface area contributed by atoms with Crippen molar-refractivity contribution in [3.05, 3.63) is 57.5 Å². The molecule has 0 N–H and O–H groups in total. The topological polar surface area (TPSA) is 23.6 Å². The van der Waals surface area contributed by atoms with Gasteiger partial charge in [0.25, 0.3) is 0 Å². The molecule has 0 spiro atoms. The standard InChI is InChI=1S/C17H19FN2OS/c1-13-5-8-22-16(13)11-19-6-7-20(17(21)12-19)10-14-3-2-4-15(18)9-14/h2-5,8-9H,6-7,10-12H2,1H3. The van der Waals surface area contributed by atoms with Gasteiger partial charge in [-0.15, -0.1) is 11.3 Å². The lowest BCUT2D eigenvalue weighted by molar-refractivity contribution is -0.136. The van der Waals surface area contributed by atoms with Crippen LogP contribution in [0.25, 0.3) is 0 Å². The van der Waals surface area contributed by atoms with Crippen LogP contribution in [0.2, 0.25) is 0 Å². The van der Waals surface area contributed by atoms with Crippen LogP contribution in [-0.4, -0.2) is 35.3 Å². The molecule has 1 saturated heterocycles. The zero-order valence-electron chi connectivity index (χ0n) is 12.6. The third kappa shape index (κ3) is 3.54. The van der Waals surface area contributed by atoms with Crippen LogP contribution < -0.4 is 0 Å². The van der Waals surface area contributed by atoms with Crippen molar-refractivity contribution in [3.8, 4) is 0 Å². The van der Waals surface area contributed by atoms with E-state index >= 15 is 0 Å². The number of amides is 1. The highest BCUT2D eigenvalue weighted by Crippen LogP contribution is 2.19. The molecule has 1 amide bonds. The number of benzene rings is 1. The maximum Gasteiger partial charge on any atom is 0.237 e. The number of nitrogens with zero attached hydrogens (tertiary/aromatic N) is 2. The first-order valence-corrected chi connectivity index (χ1v) is 8.27. The average Bonchev–Trinajstić information content (AvgIpc) is 2.87. The van der Waals surface area contributed by atoms with Gasteiger partial charge in [0.2, 0.25) is 5.91 Å². The average molecular weight is 318 g/mol. The molecule has 1 aliphatic heterocycles. The number of halogens is 1. The molecule has 5 heteroatoms. The van der Waals surface area contributed by atoms with Crippen LogP contribution in [0, 0.1) is 12.7 Å². The van der Waals surface area contributed by atoms with Gasteiger partial charge in [0, 0.05) is 31.1 Å². The molecule has 22 heavy (non-hydrogen) atoms. The fourth-order valence-corrected chi connectivity index (χ4v) is 3.63. The summed E-state index contributed by atoms with van der Waals surface area (Å²) in [5.41, 5.74) is 2.13. The highest BCUT2D eigenvalue weighted by molar-refractivity contribution is 7.10. The quantitative estimate of drug-likeness (QED) is 0.865. The van der Waals surface area contributed by atoms with Gasteiger partial charge in [-0.1, -0.05) is 12.1 Å². The summed E-state index contributed by atoms with van der Waals surface area (Å²) in [5, 5.41) is 2.09. The minimum absolute atomic E-state index is 0.115. The van der Waals surface area contributed by atoms with Crippen LogP contribution >= 0.6 is 11.3 Å². The van der Waals surface area contributed by atoms with Crippen molar-refractivity contribution in [2.24, 2.45) is 0 Å². The van der Waals surface area contributed by atoms with E-state index in [9.17, 15) is 9.18 Å². The highest BCUT2D eigenvalue weighted by Gasteiger charge is 2.24. The van der Waals surface area contributed by atoms with E-state index in [1.807, 2.05) is 11.0 Å². The summed E-state index contributed by atoms with van der Waals surface area (Å²) in [6.07, 6.45) is 0. The van der Waals surface area contributed by atoms with Crippen molar-refractivity contribution >= 4 is 17.2 Å². The molecular weight excluding hydrogens is 299 g/mol. The first-order chi connectivity index (χ1) is 10.6. The molecule has 3 nitrogen and oxygen atoms in total. The Hall–Kier alpha value is -1.72. The van der Waals surface area contributed by atoms with E-state index in [2.05, 4.69) is 23.3 Å². The molecule has 1 aliphatic rings. The number of thiophene rings is 1. The summed E-state index contributed by atoms with van der Waals surface area (Å²) in [7, 11) is 0. The number of aryl methyl sites for hydroxylation is 1. The van der Waals surface area contributed by atoms with Gasteiger partial charge in [0.05, 0.1) is 6.54 Å². The Morgan fingerprint density at radius 3 is 2.77 bits per heavy atom. The predicted molar refractivity (Wildman–Crippen MR) is 86.2 cm³/mol. The number of rotatable bonds is 4. The van der Waals surface area contributed by atoms with E-state index in [1.54, 1.807) is 17.4 Å². The maximum absolute atomic E-state index is 13.2. The van der Waals surface area contributed by atoms with Gasteiger partial charge in [-0.05, 0) is 41.6 Å². The summed E-state index contributed by atoms with van der Waals surface area (Å²) in [4.78, 5) is 17.6. The second-order valence-electron chi connectivity index (χ2n) is 5.68. The molecule has 2 heterocycles. The molecule has 1 fully saturated rings. The van der Waals surface area contributed by atoms with Crippen molar-refractivity contribution in [2.45, 2.75) is 20.0 Å². The lowest BCUT2D eigenvalue weighted by atomic mass is 10.2. The van der Waals surface area contributed by atoms with Crippen LogP contribution in [0.5, 0.6) is 0 Å². The lowest BCUT2D eigenvalue weighted by Gasteiger charge is -2.34. The SMILES string of the molecule is Cc1ccsc1CN1CCN(Cc2cccc(F)c2)C(=O)C1. The van der Waals surface area contributed by atoms with Crippen LogP contribution in [0.1, 0.15) is 16.0 Å². The monoisotopic (exact) mass is 318 g/mol. The molecule has 0 bridgehead atoms. The van der Waals surface area contributed by atoms with E-state index in [-0.39, 0.29) is 11.7 Å². The summed E-state index contributed by atoms with van der Waals surface area (Å²) in [5.74, 6) is -0.138. The van der Waals surface area contributed by atoms with E-state index < -0.39 is 0 Å². The van der Waals surface area contributed by atoms with Gasteiger partial charge < -0.3 is 4.90 Å². The second-order valence-corrected chi connectivity index (χ2v) is 6.68. The number of hydrogen-bond acceptors (Lipinski definition) is 3. The van der Waals surface area contributed by atoms with Gasteiger partial charge in [-0.3, -0.25) is 9.69 Å². The highest BCUT2D eigenvalue weighted by atomic mass is 32.1. The fourth-order valence-electron chi connectivity index (χ4n) is 2.68. The van der Waals surface area contributed by atoms with E-state index in [0.717, 1.165) is 18.7 Å². The van der Waals surface area contributed by atoms with Gasteiger partial charge in [-0.25, -0.2) is 4.39 Å². The Morgan fingerprint density at radius 2 is 2.09 bits per heavy atom. The number of hydrogen-bond donors (Lipinski definition) is 0. The van der Waals surface area contributed by atoms with E-state index in [4.69, 9.17) is 0 Å². The summed E-state index contributed by atoms with van der Waals surface area (Å²) < 4.78 is 13.2. The Labute approximate surface area is 134 Å². The van der Waals surface area contributed by atoms with Gasteiger partial charge in [0.15, 0.2) is 0 Å². The zero-order valence-corrected chi connectivity index (χ0v) is 13.4. The first kappa shape index (κ1) is 15.2. The molecule has 1 aromatic heterocycles. The zero-order chi connectivity index (χ0) is 15.5. The maximum atomic E-state index is 13.2. The number of carbonyl (C=O) groups excluding carboxylic acids is 1. The molecule has 0 atom stereocenters. The molecule has 1 aromatic carbocycles. The summed E-state index contributed by atoms with van der Waals surface area (Å²) in [6, 6.07) is 8.58. The summed E-state index contributed by atoms with van der Waals surface area (Å²) in [6.45, 7) is 5.42. The molecular formula is C17H19FN2OS. The fraction of sp³-hybridized carbons (Fsp3) is 0.353. The molecule has 116 valence electrons. The molecule has 2 aromatic rings. The van der Waals surface area contributed by atoms with Crippen LogP contribution in [0.15, 0.2) is 35.7 Å². The van der Waals surface area contributed by atoms with Gasteiger partial charge in [0.1, 0.15) is 5.82 Å². The lowest BCUT2D eigenvalue weighted by Crippen LogP contribution is -2.49. The smallest absolute Gasteiger partial charge is 0.237 e. The van der Waals surface area contributed by atoms with E-state index in [1.165, 1.54) is 22.6 Å². The predicted octanol–water partition coefficient (Wildman–Crippen LogP) is 3.04. The van der Waals surface area contributed by atoms with Crippen LogP contribution in [0.4, 0.5) is 4.39 Å². The molecule has 0 aliphatic carbocycles. The first-order valence-electron chi connectivity index (χ1n) is 7.39. The third-order valence-corrected chi connectivity index (χ3v) is 5.00. The van der Waals surface area contributed by atoms with Crippen LogP contribution in [0.3, 0.4) is 0 Å². The Balaban J connectivity index is 1.58. The third-order valence-electron chi connectivity index (χ3n) is 4.00. The largest absolute Gasteiger partial charge is 0.336 e.